The molecule has 0 radical (unpaired) electrons. The van der Waals surface area contributed by atoms with Gasteiger partial charge in [0.1, 0.15) is 31.6 Å². The van der Waals surface area contributed by atoms with E-state index in [1.165, 1.54) is 6.07 Å². The summed E-state index contributed by atoms with van der Waals surface area (Å²) in [5.41, 5.74) is 4.52. The van der Waals surface area contributed by atoms with Crippen LogP contribution in [0.5, 0.6) is 0 Å². The van der Waals surface area contributed by atoms with Gasteiger partial charge in [0.25, 0.3) is 5.91 Å². The van der Waals surface area contributed by atoms with Gasteiger partial charge in [-0.1, -0.05) is 30.3 Å². The lowest BCUT2D eigenvalue weighted by Gasteiger charge is -2.20. The zero-order valence-corrected chi connectivity index (χ0v) is 28.4. The van der Waals surface area contributed by atoms with Gasteiger partial charge in [0, 0.05) is 71.7 Å². The number of carboxylic acids is 1. The summed E-state index contributed by atoms with van der Waals surface area (Å²) in [6.45, 7) is 0.137. The van der Waals surface area contributed by atoms with E-state index in [4.69, 9.17) is 14.2 Å². The van der Waals surface area contributed by atoms with E-state index in [-0.39, 0.29) is 29.3 Å². The fourth-order valence-electron chi connectivity index (χ4n) is 5.46. The molecule has 3 N–H and O–H groups in total. The molecule has 15 heteroatoms. The van der Waals surface area contributed by atoms with E-state index in [9.17, 15) is 19.3 Å². The number of rotatable bonds is 9. The molecule has 1 aliphatic heterocycles. The fraction of sp³-hybridized carbons (Fsp3) is 0.171. The highest BCUT2D eigenvalue weighted by Gasteiger charge is 2.22. The van der Waals surface area contributed by atoms with Crippen molar-refractivity contribution in [3.05, 3.63) is 107 Å². The second kappa shape index (κ2) is 13.6. The number of carbonyl (C=O) groups excluding carboxylic acids is 2. The molecule has 1 amide bonds. The number of nitrogens with one attached hydrogen (secondary N) is 1. The van der Waals surface area contributed by atoms with Crippen LogP contribution < -0.4 is 25.3 Å². The SMILES string of the molecule is CN(C)c1ccc2c(-c3ccc(C(=O)NCc4ccc(-c5nnc(CP(=O)(O)O)nn5)cc4)cc3C(=O)[O-])c3ccc(=[N+](C)C)cc-3oc2c1. The Morgan fingerprint density at radius 3 is 2.24 bits per heavy atom. The molecular weight excluding hydrogens is 661 g/mol. The third-order valence-electron chi connectivity index (χ3n) is 8.03. The Morgan fingerprint density at radius 1 is 0.900 bits per heavy atom. The third kappa shape index (κ3) is 7.27. The molecule has 14 nitrogen and oxygen atoms in total. The Hall–Kier alpha value is -5.82. The van der Waals surface area contributed by atoms with E-state index < -0.39 is 25.6 Å². The first-order chi connectivity index (χ1) is 23.8. The number of aromatic carboxylic acids is 1. The van der Waals surface area contributed by atoms with Crippen molar-refractivity contribution in [3.8, 4) is 33.8 Å². The highest BCUT2D eigenvalue weighted by atomic mass is 31.2. The number of hydrogen-bond acceptors (Lipinski definition) is 10. The van der Waals surface area contributed by atoms with Crippen molar-refractivity contribution < 1.29 is 33.5 Å². The average molecular weight is 694 g/mol. The number of hydrogen-bond donors (Lipinski definition) is 3. The van der Waals surface area contributed by atoms with Gasteiger partial charge in [-0.3, -0.25) is 9.36 Å². The van der Waals surface area contributed by atoms with Crippen LogP contribution in [0.2, 0.25) is 0 Å². The molecule has 0 saturated heterocycles. The Balaban J connectivity index is 1.28. The van der Waals surface area contributed by atoms with Crippen LogP contribution in [0, 0.1) is 0 Å². The smallest absolute Gasteiger partial charge is 0.333 e. The molecule has 0 unspecified atom stereocenters. The van der Waals surface area contributed by atoms with Gasteiger partial charge in [-0.2, -0.15) is 0 Å². The highest BCUT2D eigenvalue weighted by molar-refractivity contribution is 7.50. The second-order valence-electron chi connectivity index (χ2n) is 12.0. The van der Waals surface area contributed by atoms with Gasteiger partial charge in [0.15, 0.2) is 5.82 Å². The summed E-state index contributed by atoms with van der Waals surface area (Å²) in [6, 6.07) is 22.8. The minimum absolute atomic E-state index is 0.137. The summed E-state index contributed by atoms with van der Waals surface area (Å²) >= 11 is 0. The number of benzene rings is 4. The van der Waals surface area contributed by atoms with Gasteiger partial charge in [0.2, 0.25) is 11.2 Å². The predicted octanol–water partition coefficient (Wildman–Crippen LogP) is 2.52. The lowest BCUT2D eigenvalue weighted by atomic mass is 9.89. The van der Waals surface area contributed by atoms with Gasteiger partial charge >= 0.3 is 7.60 Å². The van der Waals surface area contributed by atoms with Gasteiger partial charge < -0.3 is 34.3 Å². The molecule has 0 saturated carbocycles. The number of aromatic nitrogens is 4. The molecule has 3 aromatic carbocycles. The molecule has 1 aliphatic carbocycles. The van der Waals surface area contributed by atoms with E-state index in [1.807, 2.05) is 74.1 Å². The van der Waals surface area contributed by atoms with Crippen LogP contribution in [0.3, 0.4) is 0 Å². The predicted molar refractivity (Wildman–Crippen MR) is 184 cm³/mol. The quantitative estimate of drug-likeness (QED) is 0.114. The van der Waals surface area contributed by atoms with Crippen LogP contribution in [0.15, 0.2) is 83.3 Å². The van der Waals surface area contributed by atoms with Crippen molar-refractivity contribution in [2.24, 2.45) is 0 Å². The monoisotopic (exact) mass is 693 g/mol. The van der Waals surface area contributed by atoms with Crippen LogP contribution in [0.25, 0.3) is 44.8 Å². The van der Waals surface area contributed by atoms with Crippen molar-refractivity contribution in [1.82, 2.24) is 30.3 Å². The average Bonchev–Trinajstić information content (AvgIpc) is 3.08. The van der Waals surface area contributed by atoms with Crippen LogP contribution >= 0.6 is 7.60 Å². The van der Waals surface area contributed by atoms with Gasteiger partial charge in [-0.25, -0.2) is 4.58 Å². The maximum absolute atomic E-state index is 13.2. The van der Waals surface area contributed by atoms with Gasteiger partial charge in [-0.05, 0) is 41.5 Å². The standard InChI is InChI=1S/C35H32N7O7P/c1-41(2)23-10-13-26-29(16-23)49-30-17-24(42(3)4)11-14-27(30)32(26)25-12-9-22(15-28(25)35(44)45)34(43)36-18-20-5-7-21(8-6-20)33-39-37-31(38-40-33)19-50(46,47)48/h5-17H,18-19H2,1-4H3,(H3-,36,43,44,45,46,47,48). The Bertz CT molecular complexity index is 2350. The second-order valence-corrected chi connectivity index (χ2v) is 13.7. The number of anilines is 1. The van der Waals surface area contributed by atoms with Crippen LogP contribution in [0.4, 0.5) is 5.69 Å². The minimum atomic E-state index is -4.35. The molecule has 254 valence electrons. The fourth-order valence-corrected chi connectivity index (χ4v) is 5.95. The molecule has 0 fully saturated rings. The van der Waals surface area contributed by atoms with E-state index in [0.29, 0.717) is 39.0 Å². The van der Waals surface area contributed by atoms with Crippen LogP contribution in [-0.2, 0) is 17.3 Å². The Labute approximate surface area is 285 Å². The maximum atomic E-state index is 13.2. The van der Waals surface area contributed by atoms with Crippen molar-refractivity contribution in [2.45, 2.75) is 12.7 Å². The number of carbonyl (C=O) groups is 2. The van der Waals surface area contributed by atoms with Gasteiger partial charge in [0.05, 0.1) is 12.0 Å². The molecule has 0 bridgehead atoms. The summed E-state index contributed by atoms with van der Waals surface area (Å²) < 4.78 is 19.5. The molecule has 0 atom stereocenters. The Morgan fingerprint density at radius 2 is 1.60 bits per heavy atom. The first-order valence-corrected chi connectivity index (χ1v) is 17.1. The van der Waals surface area contributed by atoms with E-state index in [1.54, 1.807) is 36.4 Å². The first-order valence-electron chi connectivity index (χ1n) is 15.3. The molecule has 1 aromatic heterocycles. The van der Waals surface area contributed by atoms with E-state index in [0.717, 1.165) is 16.6 Å². The maximum Gasteiger partial charge on any atom is 0.333 e. The third-order valence-corrected chi connectivity index (χ3v) is 8.72. The Kier molecular flexibility index (Phi) is 9.26. The van der Waals surface area contributed by atoms with Crippen LogP contribution in [0.1, 0.15) is 32.1 Å². The molecule has 0 spiro atoms. The number of carboxylic acid groups (broad SMARTS) is 1. The van der Waals surface area contributed by atoms with Crippen molar-refractivity contribution >= 4 is 36.1 Å². The lowest BCUT2D eigenvalue weighted by molar-refractivity contribution is -0.254. The summed E-state index contributed by atoms with van der Waals surface area (Å²) in [7, 11) is 3.34. The highest BCUT2D eigenvalue weighted by Crippen LogP contribution is 2.42. The first kappa shape index (κ1) is 34.1. The van der Waals surface area contributed by atoms with Crippen molar-refractivity contribution in [1.29, 1.82) is 0 Å². The molecule has 2 aliphatic rings. The van der Waals surface area contributed by atoms with Crippen molar-refractivity contribution in [3.63, 3.8) is 0 Å². The van der Waals surface area contributed by atoms with Crippen molar-refractivity contribution in [2.75, 3.05) is 33.1 Å². The summed E-state index contributed by atoms with van der Waals surface area (Å²) in [5, 5.41) is 32.3. The van der Waals surface area contributed by atoms with Gasteiger partial charge in [-0.15, -0.1) is 20.4 Å². The number of nitrogens with zero attached hydrogens (tertiary/aromatic N) is 6. The van der Waals surface area contributed by atoms with E-state index in [2.05, 4.69) is 25.7 Å². The number of fused-ring (bicyclic) bond motifs is 2. The normalized spacial score (nSPS) is 11.5. The van der Waals surface area contributed by atoms with E-state index >= 15 is 0 Å². The number of amides is 1. The lowest BCUT2D eigenvalue weighted by Crippen LogP contribution is -2.26. The molecular formula is C35H32N7O7P. The summed E-state index contributed by atoms with van der Waals surface area (Å²) in [6.07, 6.45) is -0.662. The molecule has 50 heavy (non-hydrogen) atoms. The zero-order chi connectivity index (χ0) is 35.7. The molecule has 4 aromatic rings. The van der Waals surface area contributed by atoms with Crippen LogP contribution in [-0.4, -0.2) is 70.2 Å². The zero-order valence-electron chi connectivity index (χ0n) is 27.5. The molecule has 6 rings (SSSR count). The molecule has 2 heterocycles. The topological polar surface area (TPSA) is 198 Å². The largest absolute Gasteiger partial charge is 0.545 e. The summed E-state index contributed by atoms with van der Waals surface area (Å²) in [4.78, 5) is 45.9. The summed E-state index contributed by atoms with van der Waals surface area (Å²) in [5.74, 6) is -1.35. The minimum Gasteiger partial charge on any atom is -0.545 e.